The Hall–Kier alpha value is -0.530. The van der Waals surface area contributed by atoms with Gasteiger partial charge in [0.15, 0.2) is 0 Å². The first-order chi connectivity index (χ1) is 5.41. The predicted molar refractivity (Wildman–Crippen MR) is 43.6 cm³/mol. The number of hydrogen-bond donors (Lipinski definition) is 1. The molecule has 1 N–H and O–H groups in total. The fourth-order valence-electron chi connectivity index (χ4n) is 0.583. The average Bonchev–Trinajstić information content (AvgIpc) is 1.92. The summed E-state index contributed by atoms with van der Waals surface area (Å²) < 4.78 is 36.1. The molecule has 0 saturated carbocycles. The minimum absolute atomic E-state index is 0.292. The summed E-state index contributed by atoms with van der Waals surface area (Å²) >= 11 is 1.69. The highest BCUT2D eigenvalue weighted by Crippen LogP contribution is 2.30. The maximum absolute atomic E-state index is 11.9. The van der Waals surface area contributed by atoms with E-state index in [9.17, 15) is 13.2 Å². The van der Waals surface area contributed by atoms with Crippen LogP contribution >= 0.6 is 22.6 Å². The molecule has 0 spiro atoms. The monoisotopic (exact) mass is 289 g/mol. The van der Waals surface area contributed by atoms with Crippen molar-refractivity contribution in [2.24, 2.45) is 0 Å². The van der Waals surface area contributed by atoms with Crippen LogP contribution in [0.25, 0.3) is 0 Å². The standard InChI is InChI=1S/C6H3F3INO/c7-6(8,9)5-1-4(12)3(10)2-11-5/h1-2H,(H,11,12). The smallest absolute Gasteiger partial charge is 0.433 e. The lowest BCUT2D eigenvalue weighted by Crippen LogP contribution is -2.07. The van der Waals surface area contributed by atoms with Gasteiger partial charge in [-0.3, -0.25) is 4.98 Å². The normalized spacial score (nSPS) is 11.7. The molecule has 0 unspecified atom stereocenters. The summed E-state index contributed by atoms with van der Waals surface area (Å²) in [4.78, 5) is 3.12. The van der Waals surface area contributed by atoms with Gasteiger partial charge in [-0.1, -0.05) is 0 Å². The van der Waals surface area contributed by atoms with Crippen molar-refractivity contribution in [3.05, 3.63) is 21.5 Å². The lowest BCUT2D eigenvalue weighted by molar-refractivity contribution is -0.141. The maximum Gasteiger partial charge on any atom is 0.433 e. The van der Waals surface area contributed by atoms with Crippen LogP contribution in [0.5, 0.6) is 5.75 Å². The van der Waals surface area contributed by atoms with E-state index in [1.807, 2.05) is 0 Å². The molecule has 12 heavy (non-hydrogen) atoms. The second-order valence-corrected chi connectivity index (χ2v) is 3.18. The fraction of sp³-hybridized carbons (Fsp3) is 0.167. The third-order valence-corrected chi connectivity index (χ3v) is 1.96. The summed E-state index contributed by atoms with van der Waals surface area (Å²) in [6, 6.07) is 0.599. The molecule has 1 aromatic heterocycles. The average molecular weight is 289 g/mol. The molecule has 0 fully saturated rings. The molecule has 0 aromatic carbocycles. The largest absolute Gasteiger partial charge is 0.507 e. The zero-order chi connectivity index (χ0) is 9.35. The Morgan fingerprint density at radius 1 is 1.42 bits per heavy atom. The molecule has 0 amide bonds. The summed E-state index contributed by atoms with van der Waals surface area (Å²) in [6.07, 6.45) is -3.53. The Morgan fingerprint density at radius 3 is 2.42 bits per heavy atom. The van der Waals surface area contributed by atoms with Gasteiger partial charge in [-0.05, 0) is 22.6 Å². The van der Waals surface area contributed by atoms with Crippen LogP contribution in [0.2, 0.25) is 0 Å². The van der Waals surface area contributed by atoms with Gasteiger partial charge in [-0.25, -0.2) is 0 Å². The first-order valence-corrected chi connectivity index (χ1v) is 3.91. The molecule has 0 bridgehead atoms. The molecule has 66 valence electrons. The molecule has 1 aromatic rings. The molecule has 1 heterocycles. The van der Waals surface area contributed by atoms with Gasteiger partial charge < -0.3 is 5.11 Å². The van der Waals surface area contributed by atoms with Gasteiger partial charge >= 0.3 is 6.18 Å². The molecule has 0 radical (unpaired) electrons. The lowest BCUT2D eigenvalue weighted by atomic mass is 10.3. The number of nitrogens with zero attached hydrogens (tertiary/aromatic N) is 1. The molecular weight excluding hydrogens is 286 g/mol. The number of rotatable bonds is 0. The third-order valence-electron chi connectivity index (χ3n) is 1.13. The van der Waals surface area contributed by atoms with Crippen molar-refractivity contribution in [3.63, 3.8) is 0 Å². The molecule has 0 atom stereocenters. The second-order valence-electron chi connectivity index (χ2n) is 2.02. The van der Waals surface area contributed by atoms with Gasteiger partial charge in [-0.2, -0.15) is 13.2 Å². The number of aromatic hydroxyl groups is 1. The molecule has 0 aliphatic rings. The first-order valence-electron chi connectivity index (χ1n) is 2.83. The third kappa shape index (κ3) is 1.99. The molecule has 1 rings (SSSR count). The van der Waals surface area contributed by atoms with E-state index >= 15 is 0 Å². The van der Waals surface area contributed by atoms with Crippen molar-refractivity contribution in [1.82, 2.24) is 4.98 Å². The van der Waals surface area contributed by atoms with E-state index in [0.717, 1.165) is 6.20 Å². The van der Waals surface area contributed by atoms with E-state index in [4.69, 9.17) is 5.11 Å². The maximum atomic E-state index is 11.9. The summed E-state index contributed by atoms with van der Waals surface area (Å²) in [7, 11) is 0. The van der Waals surface area contributed by atoms with Gasteiger partial charge in [0.25, 0.3) is 0 Å². The van der Waals surface area contributed by atoms with E-state index in [0.29, 0.717) is 9.64 Å². The van der Waals surface area contributed by atoms with Crippen molar-refractivity contribution < 1.29 is 18.3 Å². The number of aromatic nitrogens is 1. The Bertz CT molecular complexity index is 299. The minimum atomic E-state index is -4.50. The lowest BCUT2D eigenvalue weighted by Gasteiger charge is -2.05. The van der Waals surface area contributed by atoms with Crippen LogP contribution in [-0.2, 0) is 6.18 Å². The minimum Gasteiger partial charge on any atom is -0.507 e. The predicted octanol–water partition coefficient (Wildman–Crippen LogP) is 2.41. The van der Waals surface area contributed by atoms with Gasteiger partial charge in [-0.15, -0.1) is 0 Å². The highest BCUT2D eigenvalue weighted by Gasteiger charge is 2.32. The van der Waals surface area contributed by atoms with Gasteiger partial charge in [0.05, 0.1) is 3.57 Å². The van der Waals surface area contributed by atoms with E-state index in [-0.39, 0.29) is 0 Å². The Balaban J connectivity index is 3.14. The topological polar surface area (TPSA) is 33.1 Å². The van der Waals surface area contributed by atoms with Crippen LogP contribution in [0, 0.1) is 3.57 Å². The van der Waals surface area contributed by atoms with Crippen LogP contribution in [0.15, 0.2) is 12.3 Å². The first kappa shape index (κ1) is 9.56. The van der Waals surface area contributed by atoms with E-state index < -0.39 is 17.6 Å². The van der Waals surface area contributed by atoms with Crippen molar-refractivity contribution in [2.75, 3.05) is 0 Å². The highest BCUT2D eigenvalue weighted by molar-refractivity contribution is 14.1. The van der Waals surface area contributed by atoms with E-state index in [1.165, 1.54) is 0 Å². The van der Waals surface area contributed by atoms with Gasteiger partial charge in [0, 0.05) is 12.3 Å². The SMILES string of the molecule is Oc1cc(C(F)(F)F)ncc1I. The summed E-state index contributed by atoms with van der Waals surface area (Å²) in [5.74, 6) is -0.405. The number of pyridine rings is 1. The summed E-state index contributed by atoms with van der Waals surface area (Å²) in [6.45, 7) is 0. The Kier molecular flexibility index (Phi) is 2.45. The van der Waals surface area contributed by atoms with E-state index in [1.54, 1.807) is 22.6 Å². The zero-order valence-corrected chi connectivity index (χ0v) is 7.72. The number of alkyl halides is 3. The number of halogens is 4. The molecular formula is C6H3F3INO. The molecule has 2 nitrogen and oxygen atoms in total. The van der Waals surface area contributed by atoms with Crippen molar-refractivity contribution in [3.8, 4) is 5.75 Å². The highest BCUT2D eigenvalue weighted by atomic mass is 127. The van der Waals surface area contributed by atoms with Crippen molar-refractivity contribution in [2.45, 2.75) is 6.18 Å². The fourth-order valence-corrected chi connectivity index (χ4v) is 0.878. The van der Waals surface area contributed by atoms with Crippen LogP contribution in [-0.4, -0.2) is 10.1 Å². The van der Waals surface area contributed by atoms with Crippen LogP contribution in [0.3, 0.4) is 0 Å². The van der Waals surface area contributed by atoms with Crippen LogP contribution < -0.4 is 0 Å². The summed E-state index contributed by atoms with van der Waals surface area (Å²) in [5.41, 5.74) is -1.08. The molecule has 0 aliphatic carbocycles. The van der Waals surface area contributed by atoms with Crippen molar-refractivity contribution >= 4 is 22.6 Å². The van der Waals surface area contributed by atoms with Crippen LogP contribution in [0.1, 0.15) is 5.69 Å². The Morgan fingerprint density at radius 2 is 2.00 bits per heavy atom. The Labute approximate surface area is 79.6 Å². The number of hydrogen-bond acceptors (Lipinski definition) is 2. The molecule has 6 heteroatoms. The quantitative estimate of drug-likeness (QED) is 0.744. The van der Waals surface area contributed by atoms with Gasteiger partial charge in [0.2, 0.25) is 0 Å². The van der Waals surface area contributed by atoms with E-state index in [2.05, 4.69) is 4.98 Å². The summed E-state index contributed by atoms with van der Waals surface area (Å²) in [5, 5.41) is 8.92. The zero-order valence-electron chi connectivity index (χ0n) is 5.56. The van der Waals surface area contributed by atoms with Gasteiger partial charge in [0.1, 0.15) is 11.4 Å². The molecule has 0 aliphatic heterocycles. The second kappa shape index (κ2) is 3.08. The molecule has 0 saturated heterocycles. The van der Waals surface area contributed by atoms with Crippen LogP contribution in [0.4, 0.5) is 13.2 Å². The van der Waals surface area contributed by atoms with Crippen molar-refractivity contribution in [1.29, 1.82) is 0 Å².